The summed E-state index contributed by atoms with van der Waals surface area (Å²) in [7, 11) is 0. The van der Waals surface area contributed by atoms with E-state index in [9.17, 15) is 5.26 Å². The molecule has 0 N–H and O–H groups in total. The topological polar surface area (TPSA) is 75.3 Å². The Morgan fingerprint density at radius 1 is 0.385 bits per heavy atom. The van der Waals surface area contributed by atoms with Crippen molar-refractivity contribution in [2.75, 3.05) is 0 Å². The lowest BCUT2D eigenvalue weighted by atomic mass is 9.92. The average molecular weight is 664 g/mol. The number of fused-ring (bicyclic) bond motifs is 3. The average Bonchev–Trinajstić information content (AvgIpc) is 3.24. The lowest BCUT2D eigenvalue weighted by Crippen LogP contribution is -2.00. The van der Waals surface area contributed by atoms with Gasteiger partial charge < -0.3 is 0 Å². The minimum Gasteiger partial charge on any atom is -0.248 e. The Balaban J connectivity index is 1.16. The molecule has 0 unspecified atom stereocenters. The van der Waals surface area contributed by atoms with Crippen molar-refractivity contribution < 1.29 is 0 Å². The number of hydrogen-bond acceptors (Lipinski definition) is 5. The van der Waals surface area contributed by atoms with Gasteiger partial charge in [0.1, 0.15) is 0 Å². The lowest BCUT2D eigenvalue weighted by molar-refractivity contribution is 1.07. The molecule has 5 nitrogen and oxygen atoms in total. The zero-order valence-corrected chi connectivity index (χ0v) is 28.0. The maximum atomic E-state index is 9.47. The first-order valence-corrected chi connectivity index (χ1v) is 17.1. The summed E-state index contributed by atoms with van der Waals surface area (Å²) < 4.78 is 0. The third-order valence-corrected chi connectivity index (χ3v) is 9.36. The third-order valence-electron chi connectivity index (χ3n) is 9.36. The molecule has 0 aliphatic carbocycles. The van der Waals surface area contributed by atoms with E-state index in [1.54, 1.807) is 0 Å². The minimum atomic E-state index is 0.621. The first-order chi connectivity index (χ1) is 25.7. The molecule has 0 spiro atoms. The van der Waals surface area contributed by atoms with E-state index in [1.807, 2.05) is 103 Å². The summed E-state index contributed by atoms with van der Waals surface area (Å²) in [6.07, 6.45) is 0. The zero-order valence-electron chi connectivity index (χ0n) is 28.0. The summed E-state index contributed by atoms with van der Waals surface area (Å²) in [6.45, 7) is 0. The van der Waals surface area contributed by atoms with Gasteiger partial charge in [0.2, 0.25) is 0 Å². The van der Waals surface area contributed by atoms with Crippen molar-refractivity contribution in [2.24, 2.45) is 0 Å². The molecule has 9 aromatic rings. The molecule has 0 atom stereocenters. The van der Waals surface area contributed by atoms with Gasteiger partial charge in [-0.1, -0.05) is 146 Å². The van der Waals surface area contributed by atoms with E-state index < -0.39 is 0 Å². The van der Waals surface area contributed by atoms with Crippen molar-refractivity contribution in [2.45, 2.75) is 0 Å². The fourth-order valence-electron chi connectivity index (χ4n) is 6.69. The molecule has 0 amide bonds. The molecule has 2 aromatic heterocycles. The van der Waals surface area contributed by atoms with Gasteiger partial charge >= 0.3 is 0 Å². The summed E-state index contributed by atoms with van der Waals surface area (Å²) in [5.74, 6) is 1.89. The highest BCUT2D eigenvalue weighted by Crippen LogP contribution is 2.38. The van der Waals surface area contributed by atoms with Gasteiger partial charge in [0.15, 0.2) is 17.5 Å². The van der Waals surface area contributed by atoms with Crippen molar-refractivity contribution in [3.63, 3.8) is 0 Å². The Morgan fingerprint density at radius 2 is 0.865 bits per heavy atom. The number of pyridine rings is 1. The fraction of sp³-hybridized carbons (Fsp3) is 0. The summed E-state index contributed by atoms with van der Waals surface area (Å²) in [5, 5.41) is 12.8. The normalized spacial score (nSPS) is 11.1. The molecule has 242 valence electrons. The predicted octanol–water partition coefficient (Wildman–Crippen LogP) is 11.4. The van der Waals surface area contributed by atoms with Gasteiger partial charge in [0, 0.05) is 27.6 Å². The molecule has 0 saturated heterocycles. The van der Waals surface area contributed by atoms with E-state index in [4.69, 9.17) is 19.9 Å². The van der Waals surface area contributed by atoms with Crippen LogP contribution in [-0.4, -0.2) is 19.9 Å². The van der Waals surface area contributed by atoms with Crippen LogP contribution in [0.2, 0.25) is 0 Å². The summed E-state index contributed by atoms with van der Waals surface area (Å²) in [4.78, 5) is 19.8. The van der Waals surface area contributed by atoms with Gasteiger partial charge in [-0.05, 0) is 63.4 Å². The second-order valence-corrected chi connectivity index (χ2v) is 12.6. The smallest absolute Gasteiger partial charge is 0.164 e. The monoisotopic (exact) mass is 663 g/mol. The molecule has 0 bridgehead atoms. The standard InChI is InChI=1S/C47H29N5/c48-30-31-16-18-33(19-17-31)41-29-43(35-10-4-1-5-11-35)49-42-27-26-34-22-25-39(28-40(34)44(41)42)32-20-23-38(24-21-32)47-51-45(36-12-6-2-7-13-36)50-46(52-47)37-14-8-3-9-15-37/h1-29H. The number of nitrogens with zero attached hydrogens (tertiary/aromatic N) is 5. The van der Waals surface area contributed by atoms with Gasteiger partial charge in [0.25, 0.3) is 0 Å². The molecular formula is C47H29N5. The Labute approximate surface area is 301 Å². The highest BCUT2D eigenvalue weighted by Gasteiger charge is 2.15. The molecule has 2 heterocycles. The number of benzene rings is 7. The molecule has 0 saturated carbocycles. The minimum absolute atomic E-state index is 0.621. The summed E-state index contributed by atoms with van der Waals surface area (Å²) in [5.41, 5.74) is 10.6. The number of nitriles is 1. The van der Waals surface area contributed by atoms with Gasteiger partial charge in [-0.15, -0.1) is 0 Å². The van der Waals surface area contributed by atoms with Crippen LogP contribution in [0.1, 0.15) is 5.56 Å². The third kappa shape index (κ3) is 5.85. The van der Waals surface area contributed by atoms with Gasteiger partial charge in [-0.2, -0.15) is 5.26 Å². The Kier molecular flexibility index (Phi) is 7.81. The van der Waals surface area contributed by atoms with E-state index in [2.05, 4.69) is 78.9 Å². The lowest BCUT2D eigenvalue weighted by Gasteiger charge is -2.14. The van der Waals surface area contributed by atoms with Crippen LogP contribution in [-0.2, 0) is 0 Å². The Bertz CT molecular complexity index is 2700. The highest BCUT2D eigenvalue weighted by atomic mass is 15.0. The van der Waals surface area contributed by atoms with Crippen molar-refractivity contribution in [1.29, 1.82) is 5.26 Å². The zero-order chi connectivity index (χ0) is 34.9. The quantitative estimate of drug-likeness (QED) is 0.166. The molecule has 0 fully saturated rings. The SMILES string of the molecule is N#Cc1ccc(-c2cc(-c3ccccc3)nc3ccc4ccc(-c5ccc(-c6nc(-c7ccccc7)nc(-c7ccccc7)n6)cc5)cc4c23)cc1. The van der Waals surface area contributed by atoms with E-state index >= 15 is 0 Å². The first-order valence-electron chi connectivity index (χ1n) is 17.1. The second-order valence-electron chi connectivity index (χ2n) is 12.6. The largest absolute Gasteiger partial charge is 0.248 e. The van der Waals surface area contributed by atoms with E-state index in [1.165, 1.54) is 0 Å². The molecule has 9 rings (SSSR count). The van der Waals surface area contributed by atoms with Crippen LogP contribution >= 0.6 is 0 Å². The molecule has 0 radical (unpaired) electrons. The van der Waals surface area contributed by atoms with E-state index in [-0.39, 0.29) is 0 Å². The summed E-state index contributed by atoms with van der Waals surface area (Å²) >= 11 is 0. The van der Waals surface area contributed by atoms with Crippen molar-refractivity contribution >= 4 is 21.7 Å². The highest BCUT2D eigenvalue weighted by molar-refractivity contribution is 6.14. The predicted molar refractivity (Wildman–Crippen MR) is 210 cm³/mol. The maximum Gasteiger partial charge on any atom is 0.164 e. The van der Waals surface area contributed by atoms with Crippen LogP contribution in [0.15, 0.2) is 176 Å². The first kappa shape index (κ1) is 30.7. The molecular weight excluding hydrogens is 635 g/mol. The van der Waals surface area contributed by atoms with Gasteiger partial charge in [0.05, 0.1) is 22.8 Å². The van der Waals surface area contributed by atoms with Crippen LogP contribution in [0.4, 0.5) is 0 Å². The van der Waals surface area contributed by atoms with Gasteiger partial charge in [-0.3, -0.25) is 0 Å². The Hall–Kier alpha value is -7.29. The number of aromatic nitrogens is 4. The van der Waals surface area contributed by atoms with Crippen LogP contribution in [0, 0.1) is 11.3 Å². The van der Waals surface area contributed by atoms with Crippen molar-refractivity contribution in [3.8, 4) is 73.7 Å². The maximum absolute atomic E-state index is 9.47. The summed E-state index contributed by atoms with van der Waals surface area (Å²) in [6, 6.07) is 61.8. The Morgan fingerprint density at radius 3 is 1.44 bits per heavy atom. The van der Waals surface area contributed by atoms with Crippen LogP contribution < -0.4 is 0 Å². The fourth-order valence-corrected chi connectivity index (χ4v) is 6.69. The van der Waals surface area contributed by atoms with Crippen molar-refractivity contribution in [3.05, 3.63) is 181 Å². The second kappa shape index (κ2) is 13.2. The number of hydrogen-bond donors (Lipinski definition) is 0. The molecule has 0 aliphatic heterocycles. The van der Waals surface area contributed by atoms with E-state index in [0.29, 0.717) is 23.0 Å². The van der Waals surface area contributed by atoms with Gasteiger partial charge in [-0.25, -0.2) is 19.9 Å². The molecule has 7 aromatic carbocycles. The molecule has 0 aliphatic rings. The van der Waals surface area contributed by atoms with Crippen LogP contribution in [0.3, 0.4) is 0 Å². The molecule has 5 heteroatoms. The van der Waals surface area contributed by atoms with Crippen molar-refractivity contribution in [1.82, 2.24) is 19.9 Å². The van der Waals surface area contributed by atoms with E-state index in [0.717, 1.165) is 71.9 Å². The molecule has 52 heavy (non-hydrogen) atoms. The van der Waals surface area contributed by atoms with Crippen LogP contribution in [0.5, 0.6) is 0 Å². The van der Waals surface area contributed by atoms with Crippen LogP contribution in [0.25, 0.3) is 89.4 Å². The number of rotatable bonds is 6.